The Balaban J connectivity index is 1.40. The molecule has 0 bridgehead atoms. The molecule has 2 aromatic rings. The molecular formula is C25H29NO3. The lowest BCUT2D eigenvalue weighted by atomic mass is 9.87. The zero-order valence-electron chi connectivity index (χ0n) is 16.9. The highest BCUT2D eigenvalue weighted by Crippen LogP contribution is 2.48. The van der Waals surface area contributed by atoms with Crippen molar-refractivity contribution in [3.05, 3.63) is 71.8 Å². The van der Waals surface area contributed by atoms with Crippen LogP contribution in [0.25, 0.3) is 0 Å². The highest BCUT2D eigenvalue weighted by molar-refractivity contribution is 5.89. The van der Waals surface area contributed by atoms with Crippen molar-refractivity contribution in [1.82, 2.24) is 4.90 Å². The van der Waals surface area contributed by atoms with Crippen LogP contribution >= 0.6 is 0 Å². The number of fused-ring (bicyclic) bond motifs is 1. The van der Waals surface area contributed by atoms with E-state index in [1.54, 1.807) is 0 Å². The third-order valence-corrected chi connectivity index (χ3v) is 6.53. The Hall–Kier alpha value is -2.62. The van der Waals surface area contributed by atoms with Crippen molar-refractivity contribution < 1.29 is 14.3 Å². The zero-order valence-corrected chi connectivity index (χ0v) is 16.9. The number of hydrogen-bond donors (Lipinski definition) is 0. The second-order valence-corrected chi connectivity index (χ2v) is 8.25. The molecule has 2 atom stereocenters. The fourth-order valence-electron chi connectivity index (χ4n) is 5.08. The predicted octanol–water partition coefficient (Wildman–Crippen LogP) is 4.52. The lowest BCUT2D eigenvalue weighted by molar-refractivity contribution is -0.164. The van der Waals surface area contributed by atoms with E-state index in [0.717, 1.165) is 44.1 Å². The summed E-state index contributed by atoms with van der Waals surface area (Å²) in [6, 6.07) is 20.0. The summed E-state index contributed by atoms with van der Waals surface area (Å²) in [7, 11) is 0. The smallest absolute Gasteiger partial charge is 0.332 e. The van der Waals surface area contributed by atoms with Gasteiger partial charge in [-0.3, -0.25) is 4.79 Å². The SMILES string of the molecule is O=C(CCCc1ccccc1)N1CC[C@@H]2CCC[C@@]21C(=O)OCc1ccccc1. The molecule has 4 nitrogen and oxygen atoms in total. The van der Waals surface area contributed by atoms with Crippen LogP contribution in [-0.4, -0.2) is 28.9 Å². The van der Waals surface area contributed by atoms with E-state index in [-0.39, 0.29) is 24.4 Å². The summed E-state index contributed by atoms with van der Waals surface area (Å²) >= 11 is 0. The van der Waals surface area contributed by atoms with Gasteiger partial charge in [-0.15, -0.1) is 0 Å². The monoisotopic (exact) mass is 391 g/mol. The van der Waals surface area contributed by atoms with Gasteiger partial charge in [0.25, 0.3) is 0 Å². The van der Waals surface area contributed by atoms with Gasteiger partial charge in [0.05, 0.1) is 0 Å². The molecular weight excluding hydrogens is 362 g/mol. The summed E-state index contributed by atoms with van der Waals surface area (Å²) < 4.78 is 5.74. The van der Waals surface area contributed by atoms with Crippen LogP contribution in [0, 0.1) is 5.92 Å². The highest BCUT2D eigenvalue weighted by atomic mass is 16.5. The molecule has 1 heterocycles. The van der Waals surface area contributed by atoms with Gasteiger partial charge in [0.1, 0.15) is 12.1 Å². The minimum Gasteiger partial charge on any atom is -0.459 e. The summed E-state index contributed by atoms with van der Waals surface area (Å²) in [6.07, 6.45) is 5.80. The predicted molar refractivity (Wildman–Crippen MR) is 112 cm³/mol. The van der Waals surface area contributed by atoms with E-state index in [1.807, 2.05) is 53.4 Å². The Morgan fingerprint density at radius 3 is 2.38 bits per heavy atom. The van der Waals surface area contributed by atoms with Crippen molar-refractivity contribution in [2.75, 3.05) is 6.54 Å². The molecule has 29 heavy (non-hydrogen) atoms. The van der Waals surface area contributed by atoms with Crippen LogP contribution in [0.1, 0.15) is 49.7 Å². The Labute approximate surface area is 172 Å². The average molecular weight is 392 g/mol. The number of amides is 1. The molecule has 1 aliphatic heterocycles. The number of carbonyl (C=O) groups excluding carboxylic acids is 2. The summed E-state index contributed by atoms with van der Waals surface area (Å²) in [6.45, 7) is 0.944. The largest absolute Gasteiger partial charge is 0.459 e. The molecule has 152 valence electrons. The standard InChI is InChI=1S/C25H29NO3/c27-23(15-7-13-20-9-3-1-4-10-20)26-18-16-22-14-8-17-25(22,26)24(28)29-19-21-11-5-2-6-12-21/h1-6,9-12,22H,7-8,13-19H2/t22-,25-/m0/s1. The molecule has 0 spiro atoms. The van der Waals surface area contributed by atoms with Crippen molar-refractivity contribution in [2.24, 2.45) is 5.92 Å². The Bertz CT molecular complexity index is 836. The number of ether oxygens (including phenoxy) is 1. The second-order valence-electron chi connectivity index (χ2n) is 8.25. The normalized spacial score (nSPS) is 23.0. The van der Waals surface area contributed by atoms with Crippen LogP contribution in [-0.2, 0) is 27.4 Å². The maximum Gasteiger partial charge on any atom is 0.332 e. The third-order valence-electron chi connectivity index (χ3n) is 6.53. The van der Waals surface area contributed by atoms with Gasteiger partial charge >= 0.3 is 5.97 Å². The third kappa shape index (κ3) is 4.07. The first-order valence-corrected chi connectivity index (χ1v) is 10.8. The quantitative estimate of drug-likeness (QED) is 0.652. The first-order chi connectivity index (χ1) is 14.2. The molecule has 0 aromatic heterocycles. The number of likely N-dealkylation sites (tertiary alicyclic amines) is 1. The molecule has 4 heteroatoms. The Kier molecular flexibility index (Phi) is 5.98. The summed E-state index contributed by atoms with van der Waals surface area (Å²) in [5.41, 5.74) is 1.49. The summed E-state index contributed by atoms with van der Waals surface area (Å²) in [5, 5.41) is 0. The van der Waals surface area contributed by atoms with Crippen LogP contribution in [0.3, 0.4) is 0 Å². The molecule has 1 saturated heterocycles. The highest BCUT2D eigenvalue weighted by Gasteiger charge is 2.59. The van der Waals surface area contributed by atoms with Gasteiger partial charge in [-0.05, 0) is 49.1 Å². The van der Waals surface area contributed by atoms with Crippen molar-refractivity contribution in [3.63, 3.8) is 0 Å². The van der Waals surface area contributed by atoms with Crippen molar-refractivity contribution in [3.8, 4) is 0 Å². The zero-order chi connectivity index (χ0) is 20.1. The lowest BCUT2D eigenvalue weighted by Gasteiger charge is -2.36. The van der Waals surface area contributed by atoms with Gasteiger partial charge in [0, 0.05) is 13.0 Å². The van der Waals surface area contributed by atoms with Crippen LogP contribution in [0.15, 0.2) is 60.7 Å². The molecule has 1 aliphatic carbocycles. The molecule has 0 N–H and O–H groups in total. The van der Waals surface area contributed by atoms with E-state index in [0.29, 0.717) is 13.0 Å². The van der Waals surface area contributed by atoms with Crippen LogP contribution < -0.4 is 0 Å². The second kappa shape index (κ2) is 8.81. The summed E-state index contributed by atoms with van der Waals surface area (Å²) in [4.78, 5) is 28.2. The van der Waals surface area contributed by atoms with Crippen molar-refractivity contribution in [2.45, 2.75) is 57.1 Å². The van der Waals surface area contributed by atoms with E-state index < -0.39 is 5.54 Å². The molecule has 4 rings (SSSR count). The van der Waals surface area contributed by atoms with Gasteiger partial charge in [-0.25, -0.2) is 4.79 Å². The number of hydrogen-bond acceptors (Lipinski definition) is 3. The number of rotatable bonds is 7. The number of aryl methyl sites for hydroxylation is 1. The van der Waals surface area contributed by atoms with Gasteiger partial charge in [-0.1, -0.05) is 67.1 Å². The van der Waals surface area contributed by atoms with Crippen molar-refractivity contribution in [1.29, 1.82) is 0 Å². The molecule has 1 saturated carbocycles. The molecule has 2 fully saturated rings. The molecule has 1 amide bonds. The Morgan fingerprint density at radius 1 is 0.966 bits per heavy atom. The van der Waals surface area contributed by atoms with Gasteiger partial charge in [-0.2, -0.15) is 0 Å². The number of carbonyl (C=O) groups is 2. The van der Waals surface area contributed by atoms with Crippen LogP contribution in [0.4, 0.5) is 0 Å². The first-order valence-electron chi connectivity index (χ1n) is 10.8. The lowest BCUT2D eigenvalue weighted by Crippen LogP contribution is -2.55. The minimum atomic E-state index is -0.737. The maximum absolute atomic E-state index is 13.2. The molecule has 2 aromatic carbocycles. The average Bonchev–Trinajstić information content (AvgIpc) is 3.33. The molecule has 0 radical (unpaired) electrons. The van der Waals surface area contributed by atoms with Crippen LogP contribution in [0.2, 0.25) is 0 Å². The molecule has 0 unspecified atom stereocenters. The van der Waals surface area contributed by atoms with E-state index in [4.69, 9.17) is 4.74 Å². The first kappa shape index (κ1) is 19.7. The van der Waals surface area contributed by atoms with Crippen molar-refractivity contribution >= 4 is 11.9 Å². The van der Waals surface area contributed by atoms with Crippen LogP contribution in [0.5, 0.6) is 0 Å². The fourth-order valence-corrected chi connectivity index (χ4v) is 5.08. The fraction of sp³-hybridized carbons (Fsp3) is 0.440. The number of benzene rings is 2. The van der Waals surface area contributed by atoms with Gasteiger partial charge in [0.2, 0.25) is 5.91 Å². The van der Waals surface area contributed by atoms with E-state index in [2.05, 4.69) is 12.1 Å². The van der Waals surface area contributed by atoms with E-state index in [9.17, 15) is 9.59 Å². The van der Waals surface area contributed by atoms with E-state index in [1.165, 1.54) is 5.56 Å². The van der Waals surface area contributed by atoms with Gasteiger partial charge in [0.15, 0.2) is 0 Å². The number of esters is 1. The Morgan fingerprint density at radius 2 is 1.66 bits per heavy atom. The van der Waals surface area contributed by atoms with E-state index >= 15 is 0 Å². The van der Waals surface area contributed by atoms with Gasteiger partial charge < -0.3 is 9.64 Å². The molecule has 2 aliphatic rings. The summed E-state index contributed by atoms with van der Waals surface area (Å²) in [5.74, 6) is 0.128. The minimum absolute atomic E-state index is 0.0991. The number of nitrogens with zero attached hydrogens (tertiary/aromatic N) is 1. The topological polar surface area (TPSA) is 46.6 Å². The maximum atomic E-state index is 13.2.